The monoisotopic (exact) mass is 210 g/mol. The van der Waals surface area contributed by atoms with Gasteiger partial charge in [0.1, 0.15) is 0 Å². The normalized spacial score (nSPS) is 6.50. The molecule has 0 aromatic rings. The zero-order chi connectivity index (χ0) is 7.15. The van der Waals surface area contributed by atoms with Gasteiger partial charge in [-0.2, -0.15) is 0 Å². The van der Waals surface area contributed by atoms with Crippen molar-refractivity contribution < 1.29 is 19.5 Å². The Balaban J connectivity index is 0. The maximum atomic E-state index is 9.33. The predicted molar refractivity (Wildman–Crippen MR) is 33.6 cm³/mol. The summed E-state index contributed by atoms with van der Waals surface area (Å²) in [5, 5.41) is 0. The van der Waals surface area contributed by atoms with Crippen LogP contribution in [0.4, 0.5) is 0 Å². The van der Waals surface area contributed by atoms with Crippen LogP contribution in [-0.4, -0.2) is 5.78 Å². The van der Waals surface area contributed by atoms with Gasteiger partial charge in [0.2, 0.25) is 0 Å². The van der Waals surface area contributed by atoms with E-state index in [1.807, 2.05) is 0 Å². The average molecular weight is 211 g/mol. The molecule has 0 aromatic carbocycles. The van der Waals surface area contributed by atoms with E-state index in [4.69, 9.17) is 27.9 Å². The molecule has 0 radical (unpaired) electrons. The molecule has 0 aliphatic rings. The van der Waals surface area contributed by atoms with Crippen LogP contribution < -0.4 is 0 Å². The Kier molecular flexibility index (Phi) is 12.0. The first-order chi connectivity index (χ1) is 3.46. The van der Waals surface area contributed by atoms with Crippen LogP contribution in [-0.2, 0) is 19.5 Å². The van der Waals surface area contributed by atoms with Crippen LogP contribution >= 0.6 is 27.9 Å². The van der Waals surface area contributed by atoms with Crippen LogP contribution in [0.15, 0.2) is 0 Å². The molecule has 0 spiro atoms. The van der Waals surface area contributed by atoms with Crippen LogP contribution in [0.5, 0.6) is 0 Å². The second-order valence-electron chi connectivity index (χ2n) is 0.916. The summed E-state index contributed by atoms with van der Waals surface area (Å²) in [6.45, 7) is 4.42. The van der Waals surface area contributed by atoms with Gasteiger partial charge >= 0.3 is 42.6 Å². The Morgan fingerprint density at radius 2 is 1.50 bits per heavy atom. The Labute approximate surface area is 66.8 Å². The van der Waals surface area contributed by atoms with Crippen molar-refractivity contribution in [3.05, 3.63) is 6.92 Å². The number of hydrogen-bond acceptors (Lipinski definition) is 1. The minimum atomic E-state index is -1.92. The number of carbonyl (C=O) groups excluding carboxylic acids is 1. The number of ketones is 1. The van der Waals surface area contributed by atoms with Crippen molar-refractivity contribution in [1.29, 1.82) is 0 Å². The maximum absolute atomic E-state index is 9.33. The molecule has 0 unspecified atom stereocenters. The van der Waals surface area contributed by atoms with E-state index in [-0.39, 0.29) is 5.78 Å². The number of rotatable bonds is 0. The molecule has 0 heterocycles. The molecule has 48 valence electrons. The summed E-state index contributed by atoms with van der Waals surface area (Å²) < 4.78 is 0. The molecule has 0 N–H and O–H groups in total. The van der Waals surface area contributed by atoms with Gasteiger partial charge in [0.15, 0.2) is 0 Å². The van der Waals surface area contributed by atoms with Crippen LogP contribution in [0.25, 0.3) is 0 Å². The molecule has 8 heavy (non-hydrogen) atoms. The van der Waals surface area contributed by atoms with Crippen molar-refractivity contribution >= 4 is 33.7 Å². The second kappa shape index (κ2) is 8.12. The van der Waals surface area contributed by atoms with Crippen molar-refractivity contribution in [3.63, 3.8) is 0 Å². The van der Waals surface area contributed by atoms with Crippen LogP contribution in [0.3, 0.4) is 0 Å². The summed E-state index contributed by atoms with van der Waals surface area (Å²) in [6.07, 6.45) is 0. The van der Waals surface area contributed by atoms with Crippen molar-refractivity contribution in [2.75, 3.05) is 0 Å². The van der Waals surface area contributed by atoms with E-state index in [2.05, 4.69) is 6.92 Å². The first-order valence-corrected chi connectivity index (χ1v) is 8.07. The van der Waals surface area contributed by atoms with Crippen molar-refractivity contribution in [1.82, 2.24) is 0 Å². The Morgan fingerprint density at radius 3 is 1.50 bits per heavy atom. The molecule has 0 bridgehead atoms. The molecular weight excluding hydrogens is 206 g/mol. The van der Waals surface area contributed by atoms with Gasteiger partial charge in [0, 0.05) is 0 Å². The molecular formula is C3H5Cl3OTi. The summed E-state index contributed by atoms with van der Waals surface area (Å²) in [4.78, 5) is 9.33. The molecule has 0 rings (SSSR count). The van der Waals surface area contributed by atoms with Gasteiger partial charge in [-0.3, -0.25) is 0 Å². The third-order valence-electron chi connectivity index (χ3n) is 0. The first-order valence-electron chi connectivity index (χ1n) is 1.62. The Bertz CT molecular complexity index is 58.8. The molecule has 0 fully saturated rings. The van der Waals surface area contributed by atoms with Crippen molar-refractivity contribution in [2.45, 2.75) is 6.92 Å². The van der Waals surface area contributed by atoms with E-state index < -0.39 is 14.7 Å². The summed E-state index contributed by atoms with van der Waals surface area (Å²) >= 11 is -1.92. The molecule has 0 aliphatic carbocycles. The quantitative estimate of drug-likeness (QED) is 0.444. The zero-order valence-corrected chi connectivity index (χ0v) is 8.08. The molecule has 1 nitrogen and oxygen atoms in total. The van der Waals surface area contributed by atoms with E-state index in [1.165, 1.54) is 6.92 Å². The summed E-state index contributed by atoms with van der Waals surface area (Å²) in [5.74, 6) is -0.0833. The van der Waals surface area contributed by atoms with E-state index in [9.17, 15) is 4.79 Å². The number of carbonyl (C=O) groups is 1. The van der Waals surface area contributed by atoms with E-state index in [0.717, 1.165) is 0 Å². The number of halogens is 3. The summed E-state index contributed by atoms with van der Waals surface area (Å²) in [7, 11) is 14.9. The first kappa shape index (κ1) is 11.9. The van der Waals surface area contributed by atoms with Gasteiger partial charge in [0.05, 0.1) is 0 Å². The average Bonchev–Trinajstić information content (AvgIpc) is 1.25. The zero-order valence-electron chi connectivity index (χ0n) is 4.25. The fourth-order valence-electron chi connectivity index (χ4n) is 0. The van der Waals surface area contributed by atoms with Gasteiger partial charge in [0.25, 0.3) is 0 Å². The molecule has 0 aliphatic heterocycles. The van der Waals surface area contributed by atoms with Gasteiger partial charge in [-0.15, -0.1) is 0 Å². The summed E-state index contributed by atoms with van der Waals surface area (Å²) in [6, 6.07) is 0. The Hall–Kier alpha value is 1.12. The predicted octanol–water partition coefficient (Wildman–Crippen LogP) is 2.48. The fourth-order valence-corrected chi connectivity index (χ4v) is 0. The van der Waals surface area contributed by atoms with Crippen molar-refractivity contribution in [2.24, 2.45) is 0 Å². The molecule has 0 saturated heterocycles. The van der Waals surface area contributed by atoms with E-state index >= 15 is 0 Å². The summed E-state index contributed by atoms with van der Waals surface area (Å²) in [5.41, 5.74) is 0. The van der Waals surface area contributed by atoms with Crippen LogP contribution in [0.1, 0.15) is 6.92 Å². The van der Waals surface area contributed by atoms with Gasteiger partial charge in [-0.1, -0.05) is 0 Å². The number of Topliss-reactive ketones (excluding diaryl/α,β-unsaturated/α-hetero) is 1. The van der Waals surface area contributed by atoms with E-state index in [1.54, 1.807) is 0 Å². The van der Waals surface area contributed by atoms with E-state index in [0.29, 0.717) is 0 Å². The standard InChI is InChI=1S/C3H5O.3ClH.Ti/c1-3(2)4;;;;/h1H2,2H3;3*1H;/q-1;;;;+4/p-3. The van der Waals surface area contributed by atoms with Crippen LogP contribution in [0, 0.1) is 6.92 Å². The second-order valence-corrected chi connectivity index (χ2v) is 8.65. The Morgan fingerprint density at radius 1 is 1.50 bits per heavy atom. The molecule has 5 heteroatoms. The van der Waals surface area contributed by atoms with Gasteiger partial charge in [-0.25, -0.2) is 0 Å². The molecule has 0 saturated carbocycles. The van der Waals surface area contributed by atoms with Gasteiger partial charge < -0.3 is 11.7 Å². The number of hydrogen-bond donors (Lipinski definition) is 0. The van der Waals surface area contributed by atoms with Crippen LogP contribution in [0.2, 0.25) is 0 Å². The van der Waals surface area contributed by atoms with Crippen molar-refractivity contribution in [3.8, 4) is 0 Å². The molecule has 0 amide bonds. The third-order valence-corrected chi connectivity index (χ3v) is 0. The third kappa shape index (κ3) is 211. The van der Waals surface area contributed by atoms with Gasteiger partial charge in [-0.05, 0) is 12.7 Å². The minimum absolute atomic E-state index is 0.0833. The molecule has 0 aromatic heterocycles. The molecule has 0 atom stereocenters. The SMILES string of the molecule is [CH2-]C(C)=O.[Cl][Ti+]([Cl])[Cl]. The fraction of sp³-hybridized carbons (Fsp3) is 0.333. The topological polar surface area (TPSA) is 17.1 Å².